The van der Waals surface area contributed by atoms with Crippen molar-refractivity contribution in [1.82, 2.24) is 4.90 Å². The number of hydrogen-bond donors (Lipinski definition) is 1. The highest BCUT2D eigenvalue weighted by Gasteiger charge is 2.31. The van der Waals surface area contributed by atoms with Crippen molar-refractivity contribution < 1.29 is 4.79 Å². The minimum Gasteiger partial charge on any atom is -0.334 e. The lowest BCUT2D eigenvalue weighted by atomic mass is 9.90. The van der Waals surface area contributed by atoms with Crippen molar-refractivity contribution in [2.24, 2.45) is 11.7 Å². The van der Waals surface area contributed by atoms with Crippen molar-refractivity contribution in [2.75, 3.05) is 13.1 Å². The first-order valence-electron chi connectivity index (χ1n) is 7.28. The molecule has 0 bridgehead atoms. The van der Waals surface area contributed by atoms with Crippen molar-refractivity contribution in [3.05, 3.63) is 35.4 Å². The summed E-state index contributed by atoms with van der Waals surface area (Å²) in [6.45, 7) is 5.68. The van der Waals surface area contributed by atoms with Crippen LogP contribution in [0.3, 0.4) is 0 Å². The van der Waals surface area contributed by atoms with Gasteiger partial charge in [0.15, 0.2) is 0 Å². The summed E-state index contributed by atoms with van der Waals surface area (Å²) in [5, 5.41) is 0. The molecule has 1 aromatic rings. The van der Waals surface area contributed by atoms with Crippen molar-refractivity contribution >= 4 is 18.3 Å². The Balaban J connectivity index is 0.00000200. The van der Waals surface area contributed by atoms with Crippen LogP contribution in [0.5, 0.6) is 0 Å². The Labute approximate surface area is 127 Å². The Morgan fingerprint density at radius 2 is 2.10 bits per heavy atom. The van der Waals surface area contributed by atoms with E-state index < -0.39 is 0 Å². The van der Waals surface area contributed by atoms with Gasteiger partial charge < -0.3 is 10.6 Å². The van der Waals surface area contributed by atoms with Crippen LogP contribution in [0.2, 0.25) is 0 Å². The van der Waals surface area contributed by atoms with Crippen LogP contribution in [0.25, 0.3) is 0 Å². The molecule has 4 heteroatoms. The molecule has 20 heavy (non-hydrogen) atoms. The minimum absolute atomic E-state index is 0. The number of piperidine rings is 1. The van der Waals surface area contributed by atoms with Crippen molar-refractivity contribution in [2.45, 2.75) is 39.2 Å². The summed E-state index contributed by atoms with van der Waals surface area (Å²) < 4.78 is 0. The maximum Gasteiger partial charge on any atom is 0.254 e. The van der Waals surface area contributed by atoms with Crippen LogP contribution in [0.15, 0.2) is 24.3 Å². The third-order valence-electron chi connectivity index (χ3n) is 4.25. The largest absolute Gasteiger partial charge is 0.334 e. The molecular formula is C16H25ClN2O. The van der Waals surface area contributed by atoms with Gasteiger partial charge in [-0.3, -0.25) is 4.79 Å². The molecule has 2 N–H and O–H groups in total. The molecule has 2 unspecified atom stereocenters. The summed E-state index contributed by atoms with van der Waals surface area (Å²) in [7, 11) is 0. The molecule has 2 rings (SSSR count). The van der Waals surface area contributed by atoms with Crippen LogP contribution in [-0.4, -0.2) is 29.9 Å². The van der Waals surface area contributed by atoms with Crippen molar-refractivity contribution in [3.8, 4) is 0 Å². The van der Waals surface area contributed by atoms with E-state index in [-0.39, 0.29) is 24.4 Å². The Kier molecular flexibility index (Phi) is 6.50. The highest BCUT2D eigenvalue weighted by atomic mass is 35.5. The molecule has 1 amide bonds. The normalized spacial score (nSPS) is 22.2. The van der Waals surface area contributed by atoms with Crippen LogP contribution in [-0.2, 0) is 6.42 Å². The molecule has 0 radical (unpaired) electrons. The Hall–Kier alpha value is -1.06. The van der Waals surface area contributed by atoms with Gasteiger partial charge in [-0.15, -0.1) is 12.4 Å². The SMILES string of the molecule is CCc1ccccc1C(=O)N1CCCC(C)C1CN.Cl. The molecule has 112 valence electrons. The fourth-order valence-corrected chi connectivity index (χ4v) is 3.05. The van der Waals surface area contributed by atoms with Gasteiger partial charge in [0.25, 0.3) is 5.91 Å². The van der Waals surface area contributed by atoms with Crippen molar-refractivity contribution in [3.63, 3.8) is 0 Å². The van der Waals surface area contributed by atoms with Gasteiger partial charge >= 0.3 is 0 Å². The van der Waals surface area contributed by atoms with Gasteiger partial charge in [-0.2, -0.15) is 0 Å². The number of benzene rings is 1. The first kappa shape index (κ1) is 17.0. The lowest BCUT2D eigenvalue weighted by molar-refractivity contribution is 0.0531. The smallest absolute Gasteiger partial charge is 0.254 e. The molecule has 1 aliphatic rings. The number of nitrogens with zero attached hydrogens (tertiary/aromatic N) is 1. The Bertz CT molecular complexity index is 450. The number of nitrogens with two attached hydrogens (primary N) is 1. The van der Waals surface area contributed by atoms with Gasteiger partial charge in [0.2, 0.25) is 0 Å². The van der Waals surface area contributed by atoms with Gasteiger partial charge in [0.05, 0.1) is 0 Å². The summed E-state index contributed by atoms with van der Waals surface area (Å²) in [4.78, 5) is 14.8. The molecule has 0 saturated carbocycles. The van der Waals surface area contributed by atoms with Crippen LogP contribution in [0, 0.1) is 5.92 Å². The first-order chi connectivity index (χ1) is 9.19. The third kappa shape index (κ3) is 3.33. The number of carbonyl (C=O) groups excluding carboxylic acids is 1. The second-order valence-corrected chi connectivity index (χ2v) is 5.43. The standard InChI is InChI=1S/C16H24N2O.ClH/c1-3-13-8-4-5-9-14(13)16(19)18-10-6-7-12(2)15(18)11-17;/h4-5,8-9,12,15H,3,6-7,10-11,17H2,1-2H3;1H. The van der Waals surface area contributed by atoms with E-state index in [0.29, 0.717) is 12.5 Å². The number of rotatable bonds is 3. The summed E-state index contributed by atoms with van der Waals surface area (Å²) in [5.74, 6) is 0.649. The summed E-state index contributed by atoms with van der Waals surface area (Å²) >= 11 is 0. The van der Waals surface area contributed by atoms with Crippen LogP contribution >= 0.6 is 12.4 Å². The average Bonchev–Trinajstić information content (AvgIpc) is 2.46. The molecule has 0 spiro atoms. The van der Waals surface area contributed by atoms with Crippen LogP contribution < -0.4 is 5.73 Å². The highest BCUT2D eigenvalue weighted by Crippen LogP contribution is 2.25. The number of hydrogen-bond acceptors (Lipinski definition) is 2. The topological polar surface area (TPSA) is 46.3 Å². The van der Waals surface area contributed by atoms with E-state index >= 15 is 0 Å². The minimum atomic E-state index is 0. The molecule has 0 aromatic heterocycles. The van der Waals surface area contributed by atoms with Crippen LogP contribution in [0.4, 0.5) is 0 Å². The lowest BCUT2D eigenvalue weighted by Crippen LogP contribution is -2.51. The average molecular weight is 297 g/mol. The predicted molar refractivity (Wildman–Crippen MR) is 85.3 cm³/mol. The molecule has 1 heterocycles. The number of carbonyl (C=O) groups is 1. The molecule has 1 saturated heterocycles. The molecule has 1 aromatic carbocycles. The molecular weight excluding hydrogens is 272 g/mol. The number of amides is 1. The number of aryl methyl sites for hydroxylation is 1. The van der Waals surface area contributed by atoms with Crippen molar-refractivity contribution in [1.29, 1.82) is 0 Å². The third-order valence-corrected chi connectivity index (χ3v) is 4.25. The maximum absolute atomic E-state index is 12.8. The Morgan fingerprint density at radius 1 is 1.40 bits per heavy atom. The van der Waals surface area contributed by atoms with E-state index in [1.54, 1.807) is 0 Å². The lowest BCUT2D eigenvalue weighted by Gasteiger charge is -2.39. The highest BCUT2D eigenvalue weighted by molar-refractivity contribution is 5.96. The van der Waals surface area contributed by atoms with Crippen LogP contribution in [0.1, 0.15) is 42.6 Å². The van der Waals surface area contributed by atoms with E-state index in [2.05, 4.69) is 13.8 Å². The van der Waals surface area contributed by atoms with Gasteiger partial charge in [-0.25, -0.2) is 0 Å². The zero-order valence-electron chi connectivity index (χ0n) is 12.3. The van der Waals surface area contributed by atoms with Gasteiger partial charge in [-0.1, -0.05) is 32.0 Å². The summed E-state index contributed by atoms with van der Waals surface area (Å²) in [6.07, 6.45) is 3.14. The molecule has 2 atom stereocenters. The van der Waals surface area contributed by atoms with E-state index in [0.717, 1.165) is 30.5 Å². The van der Waals surface area contributed by atoms with E-state index in [1.807, 2.05) is 29.2 Å². The second kappa shape index (κ2) is 7.65. The molecule has 1 fully saturated rings. The first-order valence-corrected chi connectivity index (χ1v) is 7.28. The monoisotopic (exact) mass is 296 g/mol. The Morgan fingerprint density at radius 3 is 2.75 bits per heavy atom. The fraction of sp³-hybridized carbons (Fsp3) is 0.562. The van der Waals surface area contributed by atoms with Gasteiger partial charge in [-0.05, 0) is 36.8 Å². The fourth-order valence-electron chi connectivity index (χ4n) is 3.05. The quantitative estimate of drug-likeness (QED) is 0.932. The molecule has 3 nitrogen and oxygen atoms in total. The van der Waals surface area contributed by atoms with E-state index in [9.17, 15) is 4.79 Å². The van der Waals surface area contributed by atoms with Gasteiger partial charge in [0.1, 0.15) is 0 Å². The maximum atomic E-state index is 12.8. The summed E-state index contributed by atoms with van der Waals surface area (Å²) in [5.41, 5.74) is 7.85. The second-order valence-electron chi connectivity index (χ2n) is 5.43. The zero-order valence-corrected chi connectivity index (χ0v) is 13.2. The summed E-state index contributed by atoms with van der Waals surface area (Å²) in [6, 6.07) is 8.10. The number of likely N-dealkylation sites (tertiary alicyclic amines) is 1. The number of halogens is 1. The van der Waals surface area contributed by atoms with E-state index in [1.165, 1.54) is 6.42 Å². The molecule has 1 aliphatic heterocycles. The predicted octanol–water partition coefficient (Wildman–Crippen LogP) is 2.87. The molecule has 0 aliphatic carbocycles. The zero-order chi connectivity index (χ0) is 13.8. The van der Waals surface area contributed by atoms with Gasteiger partial charge in [0, 0.05) is 24.7 Å². The van der Waals surface area contributed by atoms with E-state index in [4.69, 9.17) is 5.73 Å².